The van der Waals surface area contributed by atoms with Crippen molar-refractivity contribution in [3.63, 3.8) is 0 Å². The van der Waals surface area contributed by atoms with Gasteiger partial charge in [0.1, 0.15) is 0 Å². The number of hydrogen-bond donors (Lipinski definition) is 0. The highest BCUT2D eigenvalue weighted by Crippen LogP contribution is 2.33. The lowest BCUT2D eigenvalue weighted by Gasteiger charge is -1.88. The van der Waals surface area contributed by atoms with Crippen LogP contribution in [0.25, 0.3) is 0 Å². The number of aryl methyl sites for hydroxylation is 1. The largest absolute Gasteiger partial charge is 0.238 e. The maximum absolute atomic E-state index is 4.21. The summed E-state index contributed by atoms with van der Waals surface area (Å²) in [5.41, 5.74) is 0. The molecular weight excluding hydrogens is 206 g/mol. The molecule has 0 saturated heterocycles. The van der Waals surface area contributed by atoms with Crippen molar-refractivity contribution in [3.05, 3.63) is 28.6 Å². The highest BCUT2D eigenvalue weighted by atomic mass is 32.2. The first-order valence-electron chi connectivity index (χ1n) is 3.48. The van der Waals surface area contributed by atoms with Gasteiger partial charge in [0, 0.05) is 16.5 Å². The van der Waals surface area contributed by atoms with Gasteiger partial charge in [0.2, 0.25) is 0 Å². The van der Waals surface area contributed by atoms with E-state index in [1.807, 2.05) is 22.9 Å². The first-order valence-corrected chi connectivity index (χ1v) is 5.99. The highest BCUT2D eigenvalue weighted by molar-refractivity contribution is 8.02. The summed E-state index contributed by atoms with van der Waals surface area (Å²) in [4.78, 5) is 5.56. The molecule has 62 valence electrons. The zero-order valence-corrected chi connectivity index (χ0v) is 8.93. The predicted octanol–water partition coefficient (Wildman–Crippen LogP) is 3.66. The van der Waals surface area contributed by atoms with Gasteiger partial charge in [0.15, 0.2) is 4.34 Å². The van der Waals surface area contributed by atoms with Gasteiger partial charge in [0.05, 0.1) is 4.21 Å². The molecule has 0 saturated carbocycles. The number of aromatic nitrogens is 1. The van der Waals surface area contributed by atoms with Crippen molar-refractivity contribution in [3.8, 4) is 0 Å². The van der Waals surface area contributed by atoms with Crippen LogP contribution in [0.3, 0.4) is 0 Å². The number of rotatable bonds is 2. The molecule has 0 unspecified atom stereocenters. The van der Waals surface area contributed by atoms with E-state index in [1.165, 1.54) is 9.09 Å². The Labute approximate surface area is 83.5 Å². The van der Waals surface area contributed by atoms with Crippen molar-refractivity contribution in [1.29, 1.82) is 0 Å². The van der Waals surface area contributed by atoms with Gasteiger partial charge >= 0.3 is 0 Å². The Morgan fingerprint density at radius 2 is 2.33 bits per heavy atom. The fourth-order valence-corrected chi connectivity index (χ4v) is 3.77. The zero-order chi connectivity index (χ0) is 8.39. The second-order valence-electron chi connectivity index (χ2n) is 2.27. The third-order valence-corrected chi connectivity index (χ3v) is 4.33. The Morgan fingerprint density at radius 3 is 2.92 bits per heavy atom. The minimum absolute atomic E-state index is 1.12. The normalized spacial score (nSPS) is 10.4. The first kappa shape index (κ1) is 8.29. The fraction of sp³-hybridized carbons (Fsp3) is 0.125. The Balaban J connectivity index is 2.14. The molecular formula is C8H7NS3. The summed E-state index contributed by atoms with van der Waals surface area (Å²) >= 11 is 5.24. The number of hydrogen-bond acceptors (Lipinski definition) is 4. The maximum Gasteiger partial charge on any atom is 0.155 e. The predicted molar refractivity (Wildman–Crippen MR) is 55.3 cm³/mol. The van der Waals surface area contributed by atoms with E-state index >= 15 is 0 Å². The van der Waals surface area contributed by atoms with Crippen molar-refractivity contribution in [2.24, 2.45) is 0 Å². The molecule has 0 aliphatic heterocycles. The molecule has 2 heterocycles. The topological polar surface area (TPSA) is 12.9 Å². The van der Waals surface area contributed by atoms with E-state index in [2.05, 4.69) is 24.0 Å². The van der Waals surface area contributed by atoms with Crippen LogP contribution in [0, 0.1) is 6.92 Å². The van der Waals surface area contributed by atoms with Crippen molar-refractivity contribution in [2.75, 3.05) is 0 Å². The molecule has 0 amide bonds. The average Bonchev–Trinajstić information content (AvgIpc) is 2.63. The van der Waals surface area contributed by atoms with E-state index < -0.39 is 0 Å². The Bertz CT molecular complexity index is 350. The van der Waals surface area contributed by atoms with Crippen molar-refractivity contribution in [2.45, 2.75) is 15.5 Å². The molecule has 2 aromatic rings. The van der Waals surface area contributed by atoms with Crippen LogP contribution < -0.4 is 0 Å². The van der Waals surface area contributed by atoms with Crippen molar-refractivity contribution < 1.29 is 0 Å². The fourth-order valence-electron chi connectivity index (χ4n) is 0.814. The van der Waals surface area contributed by atoms with Crippen LogP contribution in [-0.4, -0.2) is 4.98 Å². The van der Waals surface area contributed by atoms with E-state index in [0.29, 0.717) is 0 Å². The molecule has 2 rings (SSSR count). The van der Waals surface area contributed by atoms with Gasteiger partial charge in [-0.05, 0) is 30.8 Å². The molecule has 0 N–H and O–H groups in total. The van der Waals surface area contributed by atoms with Crippen LogP contribution in [0.15, 0.2) is 32.3 Å². The Morgan fingerprint density at radius 1 is 1.42 bits per heavy atom. The van der Waals surface area contributed by atoms with Gasteiger partial charge in [-0.2, -0.15) is 0 Å². The zero-order valence-electron chi connectivity index (χ0n) is 6.48. The van der Waals surface area contributed by atoms with Crippen LogP contribution >= 0.6 is 34.4 Å². The molecule has 2 aromatic heterocycles. The van der Waals surface area contributed by atoms with Gasteiger partial charge in [-0.25, -0.2) is 4.98 Å². The third kappa shape index (κ3) is 1.88. The van der Waals surface area contributed by atoms with Gasteiger partial charge in [-0.1, -0.05) is 0 Å². The van der Waals surface area contributed by atoms with E-state index in [4.69, 9.17) is 0 Å². The minimum Gasteiger partial charge on any atom is -0.238 e. The summed E-state index contributed by atoms with van der Waals surface area (Å²) in [6.45, 7) is 2.12. The Hall–Kier alpha value is -0.320. The second kappa shape index (κ2) is 3.60. The van der Waals surface area contributed by atoms with Gasteiger partial charge < -0.3 is 0 Å². The van der Waals surface area contributed by atoms with Crippen LogP contribution in [0.5, 0.6) is 0 Å². The summed E-state index contributed by atoms with van der Waals surface area (Å²) in [5.74, 6) is 0. The molecule has 0 aliphatic rings. The van der Waals surface area contributed by atoms with Gasteiger partial charge in [-0.3, -0.25) is 0 Å². The molecule has 4 heteroatoms. The summed E-state index contributed by atoms with van der Waals surface area (Å²) in [7, 11) is 0. The molecule has 0 aromatic carbocycles. The average molecular weight is 213 g/mol. The third-order valence-electron chi connectivity index (χ3n) is 1.31. The quantitative estimate of drug-likeness (QED) is 0.755. The van der Waals surface area contributed by atoms with Crippen LogP contribution in [0.1, 0.15) is 4.88 Å². The number of thiophene rings is 1. The summed E-state index contributed by atoms with van der Waals surface area (Å²) < 4.78 is 2.44. The van der Waals surface area contributed by atoms with Gasteiger partial charge in [0.25, 0.3) is 0 Å². The van der Waals surface area contributed by atoms with E-state index in [0.717, 1.165) is 4.34 Å². The Kier molecular flexibility index (Phi) is 2.48. The first-order chi connectivity index (χ1) is 5.84. The lowest BCUT2D eigenvalue weighted by atomic mass is 10.5. The summed E-state index contributed by atoms with van der Waals surface area (Å²) in [6.07, 6.45) is 1.84. The van der Waals surface area contributed by atoms with Crippen LogP contribution in [0.2, 0.25) is 0 Å². The molecule has 1 nitrogen and oxygen atoms in total. The molecule has 0 spiro atoms. The number of thiazole rings is 1. The van der Waals surface area contributed by atoms with Crippen LogP contribution in [0.4, 0.5) is 0 Å². The summed E-state index contributed by atoms with van der Waals surface area (Å²) in [6, 6.07) is 4.28. The standard InChI is InChI=1S/C8H7NS3/c1-6-2-3-7(11-6)12-8-9-4-5-10-8/h2-5H,1H3. The van der Waals surface area contributed by atoms with Crippen molar-refractivity contribution in [1.82, 2.24) is 4.98 Å². The molecule has 12 heavy (non-hydrogen) atoms. The molecule has 0 aliphatic carbocycles. The van der Waals surface area contributed by atoms with E-state index in [1.54, 1.807) is 23.1 Å². The van der Waals surface area contributed by atoms with E-state index in [-0.39, 0.29) is 0 Å². The monoisotopic (exact) mass is 213 g/mol. The lowest BCUT2D eigenvalue weighted by Crippen LogP contribution is -1.62. The SMILES string of the molecule is Cc1ccc(Sc2nccs2)s1. The second-order valence-corrected chi connectivity index (χ2v) is 6.00. The van der Waals surface area contributed by atoms with E-state index in [9.17, 15) is 0 Å². The van der Waals surface area contributed by atoms with Crippen LogP contribution in [-0.2, 0) is 0 Å². The maximum atomic E-state index is 4.21. The highest BCUT2D eigenvalue weighted by Gasteiger charge is 2.00. The number of nitrogens with zero attached hydrogens (tertiary/aromatic N) is 1. The van der Waals surface area contributed by atoms with Crippen molar-refractivity contribution >= 4 is 34.4 Å². The molecule has 0 bridgehead atoms. The molecule has 0 atom stereocenters. The lowest BCUT2D eigenvalue weighted by molar-refractivity contribution is 1.25. The smallest absolute Gasteiger partial charge is 0.155 e. The van der Waals surface area contributed by atoms with Gasteiger partial charge in [-0.15, -0.1) is 22.7 Å². The summed E-state index contributed by atoms with van der Waals surface area (Å²) in [5, 5.41) is 2.00. The molecule has 0 fully saturated rings. The minimum atomic E-state index is 1.12. The molecule has 0 radical (unpaired) electrons.